The lowest BCUT2D eigenvalue weighted by Crippen LogP contribution is -2.24. The van der Waals surface area contributed by atoms with Crippen LogP contribution in [0.2, 0.25) is 0 Å². The van der Waals surface area contributed by atoms with Gasteiger partial charge in [-0.15, -0.1) is 0 Å². The number of aromatic nitrogens is 2. The van der Waals surface area contributed by atoms with Gasteiger partial charge in [-0.3, -0.25) is 4.79 Å². The van der Waals surface area contributed by atoms with Crippen molar-refractivity contribution in [3.8, 4) is 0 Å². The van der Waals surface area contributed by atoms with Crippen LogP contribution < -0.4 is 4.90 Å². The molecular weight excluding hydrogens is 370 g/mol. The van der Waals surface area contributed by atoms with Crippen molar-refractivity contribution in [2.45, 2.75) is 64.3 Å². The molecule has 0 N–H and O–H groups in total. The minimum absolute atomic E-state index is 0.150. The third-order valence-corrected chi connectivity index (χ3v) is 6.97. The van der Waals surface area contributed by atoms with Gasteiger partial charge in [0, 0.05) is 31.1 Å². The summed E-state index contributed by atoms with van der Waals surface area (Å²) in [5, 5.41) is 0. The van der Waals surface area contributed by atoms with Gasteiger partial charge >= 0.3 is 0 Å². The van der Waals surface area contributed by atoms with E-state index in [1.807, 2.05) is 17.0 Å². The molecule has 0 spiro atoms. The lowest BCUT2D eigenvalue weighted by atomic mass is 9.87. The molecular formula is C26H31N3O. The lowest BCUT2D eigenvalue weighted by Gasteiger charge is -2.23. The maximum Gasteiger partial charge on any atom is 0.227 e. The molecule has 4 heteroatoms. The zero-order valence-electron chi connectivity index (χ0n) is 17.9. The number of rotatable bonds is 5. The summed E-state index contributed by atoms with van der Waals surface area (Å²) in [6.45, 7) is 3.80. The van der Waals surface area contributed by atoms with Gasteiger partial charge < -0.3 is 9.47 Å². The minimum Gasteiger partial charge on any atom is -0.328 e. The van der Waals surface area contributed by atoms with E-state index in [0.29, 0.717) is 6.42 Å². The highest BCUT2D eigenvalue weighted by Crippen LogP contribution is 2.34. The van der Waals surface area contributed by atoms with Crippen molar-refractivity contribution in [1.29, 1.82) is 0 Å². The summed E-state index contributed by atoms with van der Waals surface area (Å²) in [6.07, 6.45) is 8.65. The molecule has 1 aliphatic carbocycles. The average Bonchev–Trinajstić information content (AvgIpc) is 3.33. The number of imidazole rings is 1. The second-order valence-corrected chi connectivity index (χ2v) is 9.15. The zero-order chi connectivity index (χ0) is 20.5. The maximum atomic E-state index is 12.9. The minimum atomic E-state index is 0.150. The molecule has 156 valence electrons. The van der Waals surface area contributed by atoms with E-state index in [2.05, 4.69) is 47.9 Å². The van der Waals surface area contributed by atoms with Crippen molar-refractivity contribution in [1.82, 2.24) is 9.55 Å². The molecule has 1 saturated heterocycles. The van der Waals surface area contributed by atoms with Crippen molar-refractivity contribution in [3.05, 3.63) is 59.9 Å². The Balaban J connectivity index is 1.42. The van der Waals surface area contributed by atoms with E-state index in [4.69, 9.17) is 4.98 Å². The number of nitrogens with zero attached hydrogens (tertiary/aromatic N) is 3. The predicted molar refractivity (Wildman–Crippen MR) is 122 cm³/mol. The van der Waals surface area contributed by atoms with Crippen LogP contribution in [-0.2, 0) is 11.3 Å². The Kier molecular flexibility index (Phi) is 5.32. The van der Waals surface area contributed by atoms with Gasteiger partial charge in [0.15, 0.2) is 0 Å². The Morgan fingerprint density at radius 1 is 1.03 bits per heavy atom. The van der Waals surface area contributed by atoms with Gasteiger partial charge in [-0.1, -0.05) is 56.4 Å². The van der Waals surface area contributed by atoms with Crippen LogP contribution in [-0.4, -0.2) is 22.0 Å². The lowest BCUT2D eigenvalue weighted by molar-refractivity contribution is -0.117. The number of hydrogen-bond acceptors (Lipinski definition) is 2. The van der Waals surface area contributed by atoms with Gasteiger partial charge in [0.2, 0.25) is 5.91 Å². The molecule has 4 nitrogen and oxygen atoms in total. The Morgan fingerprint density at radius 2 is 1.87 bits per heavy atom. The molecule has 5 rings (SSSR count). The molecule has 2 aliphatic rings. The first-order valence-corrected chi connectivity index (χ1v) is 11.5. The van der Waals surface area contributed by atoms with Crippen molar-refractivity contribution in [2.24, 2.45) is 5.92 Å². The highest BCUT2D eigenvalue weighted by molar-refractivity contribution is 5.96. The van der Waals surface area contributed by atoms with E-state index < -0.39 is 0 Å². The standard InChI is InChI=1S/C26H31N3O/c1-19-8-7-11-22(16-19)29-18-21(17-25(29)30)26-27-23-12-5-6-13-24(23)28(26)15-14-20-9-3-2-4-10-20/h5-8,11-13,16,20-21H,2-4,9-10,14-15,17-18H2,1H3/t21-/m0/s1. The van der Waals surface area contributed by atoms with Crippen LogP contribution in [0.1, 0.15) is 62.3 Å². The molecule has 3 aromatic rings. The smallest absolute Gasteiger partial charge is 0.227 e. The summed E-state index contributed by atoms with van der Waals surface area (Å²) >= 11 is 0. The van der Waals surface area contributed by atoms with Crippen LogP contribution in [0.5, 0.6) is 0 Å². The summed E-state index contributed by atoms with van der Waals surface area (Å²) in [5.74, 6) is 2.28. The molecule has 1 aliphatic heterocycles. The Labute approximate surface area is 178 Å². The normalized spacial score (nSPS) is 20.4. The maximum absolute atomic E-state index is 12.9. The molecule has 0 bridgehead atoms. The number of hydrogen-bond donors (Lipinski definition) is 0. The van der Waals surface area contributed by atoms with Gasteiger partial charge in [-0.05, 0) is 49.1 Å². The molecule has 1 amide bonds. The first-order chi connectivity index (χ1) is 14.7. The fourth-order valence-electron chi connectivity index (χ4n) is 5.35. The Hall–Kier alpha value is -2.62. The Morgan fingerprint density at radius 3 is 2.70 bits per heavy atom. The first-order valence-electron chi connectivity index (χ1n) is 11.5. The van der Waals surface area contributed by atoms with Gasteiger partial charge in [0.05, 0.1) is 11.0 Å². The summed E-state index contributed by atoms with van der Waals surface area (Å²) < 4.78 is 2.42. The van der Waals surface area contributed by atoms with Crippen LogP contribution in [0.15, 0.2) is 48.5 Å². The largest absolute Gasteiger partial charge is 0.328 e. The fraction of sp³-hybridized carbons (Fsp3) is 0.462. The number of anilines is 1. The number of carbonyl (C=O) groups is 1. The van der Waals surface area contributed by atoms with Crippen molar-refractivity contribution >= 4 is 22.6 Å². The van der Waals surface area contributed by atoms with E-state index in [-0.39, 0.29) is 11.8 Å². The molecule has 2 heterocycles. The summed E-state index contributed by atoms with van der Waals surface area (Å²) in [5.41, 5.74) is 4.46. The topological polar surface area (TPSA) is 38.1 Å². The zero-order valence-corrected chi connectivity index (χ0v) is 17.9. The molecule has 30 heavy (non-hydrogen) atoms. The monoisotopic (exact) mass is 401 g/mol. The summed E-state index contributed by atoms with van der Waals surface area (Å²) in [4.78, 5) is 19.9. The third-order valence-electron chi connectivity index (χ3n) is 6.97. The molecule has 0 radical (unpaired) electrons. The first kappa shape index (κ1) is 19.3. The van der Waals surface area contributed by atoms with Gasteiger partial charge in [-0.2, -0.15) is 0 Å². The second kappa shape index (κ2) is 8.25. The number of benzene rings is 2. The van der Waals surface area contributed by atoms with Crippen molar-refractivity contribution in [2.75, 3.05) is 11.4 Å². The van der Waals surface area contributed by atoms with E-state index >= 15 is 0 Å². The van der Waals surface area contributed by atoms with Crippen LogP contribution in [0.4, 0.5) is 5.69 Å². The molecule has 0 unspecified atom stereocenters. The van der Waals surface area contributed by atoms with E-state index in [1.165, 1.54) is 49.6 Å². The molecule has 2 aromatic carbocycles. The SMILES string of the molecule is Cc1cccc(N2C[C@@H](c3nc4ccccc4n3CCC3CCCCC3)CC2=O)c1. The number of carbonyl (C=O) groups excluding carboxylic acids is 1. The molecule has 1 atom stereocenters. The van der Waals surface area contributed by atoms with E-state index in [9.17, 15) is 4.79 Å². The molecule has 1 saturated carbocycles. The second-order valence-electron chi connectivity index (χ2n) is 9.15. The predicted octanol–water partition coefficient (Wildman–Crippen LogP) is 5.84. The fourth-order valence-corrected chi connectivity index (χ4v) is 5.35. The number of fused-ring (bicyclic) bond motifs is 1. The van der Waals surface area contributed by atoms with Gasteiger partial charge in [0.1, 0.15) is 5.82 Å². The molecule has 1 aromatic heterocycles. The molecule has 2 fully saturated rings. The Bertz CT molecular complexity index is 1050. The average molecular weight is 402 g/mol. The van der Waals surface area contributed by atoms with E-state index in [0.717, 1.165) is 36.0 Å². The van der Waals surface area contributed by atoms with Gasteiger partial charge in [0.25, 0.3) is 0 Å². The highest BCUT2D eigenvalue weighted by atomic mass is 16.2. The number of para-hydroxylation sites is 2. The summed E-state index contributed by atoms with van der Waals surface area (Å²) in [7, 11) is 0. The van der Waals surface area contributed by atoms with Crippen LogP contribution in [0.3, 0.4) is 0 Å². The van der Waals surface area contributed by atoms with Crippen LogP contribution >= 0.6 is 0 Å². The van der Waals surface area contributed by atoms with Crippen molar-refractivity contribution < 1.29 is 4.79 Å². The van der Waals surface area contributed by atoms with Crippen LogP contribution in [0.25, 0.3) is 11.0 Å². The quantitative estimate of drug-likeness (QED) is 0.539. The van der Waals surface area contributed by atoms with Crippen molar-refractivity contribution in [3.63, 3.8) is 0 Å². The number of aryl methyl sites for hydroxylation is 2. The van der Waals surface area contributed by atoms with Crippen LogP contribution in [0, 0.1) is 12.8 Å². The van der Waals surface area contributed by atoms with Gasteiger partial charge in [-0.25, -0.2) is 4.98 Å². The van der Waals surface area contributed by atoms with E-state index in [1.54, 1.807) is 0 Å². The third kappa shape index (κ3) is 3.76. The highest BCUT2D eigenvalue weighted by Gasteiger charge is 2.35. The number of amides is 1. The summed E-state index contributed by atoms with van der Waals surface area (Å²) in [6, 6.07) is 16.7.